The molecule has 0 spiro atoms. The largest absolute Gasteiger partial charge is 0.457 e. The second-order valence-electron chi connectivity index (χ2n) is 15.6. The smallest absolute Gasteiger partial charge is 0.360 e. The molecule has 288 valence electrons. The lowest BCUT2D eigenvalue weighted by Gasteiger charge is -2.36. The first-order chi connectivity index (χ1) is 25.8. The van der Waals surface area contributed by atoms with Crippen molar-refractivity contribution < 1.29 is 33.7 Å². The van der Waals surface area contributed by atoms with Crippen LogP contribution in [0.2, 0.25) is 0 Å². The van der Waals surface area contributed by atoms with Crippen LogP contribution in [0.4, 0.5) is 0 Å². The topological polar surface area (TPSA) is 148 Å². The first kappa shape index (κ1) is 40.4. The minimum atomic E-state index is -0.828. The molecule has 2 aromatic rings. The quantitative estimate of drug-likeness (QED) is 0.196. The number of carbonyl (C=O) groups is 2. The fourth-order valence-corrected chi connectivity index (χ4v) is 6.42. The van der Waals surface area contributed by atoms with Crippen LogP contribution in [0, 0.1) is 34.5 Å². The molecule has 2 saturated carbocycles. The number of aliphatic hydroxyl groups excluding tert-OH is 2. The molecule has 1 aliphatic heterocycles. The van der Waals surface area contributed by atoms with Crippen LogP contribution in [0.5, 0.6) is 0 Å². The SMILES string of the molecule is C/C=C/[C@H](O)C(C)(C)[C@@H]1C/C=C\[C@H]2C[C@H]2/C=C/C=C\c2nc(co2)C(=O)O[C@H](C(C)(C)[C@@H](O)/C=C/C)C/C=C\C2C[C@@H]2/C=C/C=C\c2nc(c[nH]2)C(=O)O1. The summed E-state index contributed by atoms with van der Waals surface area (Å²) in [5.41, 5.74) is -1.31. The van der Waals surface area contributed by atoms with Crippen molar-refractivity contribution in [3.05, 3.63) is 121 Å². The lowest BCUT2D eigenvalue weighted by molar-refractivity contribution is -0.0461. The number of carbonyl (C=O) groups excluding carboxylic acids is 2. The highest BCUT2D eigenvalue weighted by atomic mass is 16.6. The van der Waals surface area contributed by atoms with Crippen molar-refractivity contribution >= 4 is 24.1 Å². The van der Waals surface area contributed by atoms with Crippen molar-refractivity contribution in [2.45, 2.75) is 91.6 Å². The molecule has 0 aromatic carbocycles. The molecule has 10 nitrogen and oxygen atoms in total. The van der Waals surface area contributed by atoms with Crippen molar-refractivity contribution in [2.24, 2.45) is 34.5 Å². The van der Waals surface area contributed by atoms with E-state index in [9.17, 15) is 19.8 Å². The van der Waals surface area contributed by atoms with Gasteiger partial charge in [0.15, 0.2) is 11.4 Å². The van der Waals surface area contributed by atoms with Crippen LogP contribution < -0.4 is 0 Å². The number of aromatic amines is 1. The molecule has 1 unspecified atom stereocenters. The van der Waals surface area contributed by atoms with Crippen molar-refractivity contribution in [1.82, 2.24) is 15.0 Å². The number of cyclic esters (lactones) is 2. The van der Waals surface area contributed by atoms with Crippen LogP contribution in [-0.2, 0) is 9.47 Å². The van der Waals surface area contributed by atoms with Gasteiger partial charge >= 0.3 is 11.9 Å². The lowest BCUT2D eigenvalue weighted by Crippen LogP contribution is -2.42. The van der Waals surface area contributed by atoms with Gasteiger partial charge in [0, 0.05) is 35.9 Å². The summed E-state index contributed by atoms with van der Waals surface area (Å²) in [4.78, 5) is 38.4. The van der Waals surface area contributed by atoms with E-state index in [2.05, 4.69) is 39.3 Å². The highest BCUT2D eigenvalue weighted by Gasteiger charge is 2.40. The number of aromatic nitrogens is 3. The lowest BCUT2D eigenvalue weighted by atomic mass is 9.79. The average molecular weight is 738 g/mol. The molecule has 54 heavy (non-hydrogen) atoms. The second-order valence-corrected chi connectivity index (χ2v) is 15.6. The second kappa shape index (κ2) is 18.0. The standard InChI is InChI=1S/C44H55N3O7/c1-7-15-35(48)43(3,4)37-21-13-19-32-26-30(32)18-10-12-24-40-47-34(28-52-40)42(51)54-38(44(5,6)36(49)16-8-2)22-14-20-31-25-29(31)17-9-11-23-39-45-27-33(46-39)41(50)53-37/h7-20,23-24,27-32,35-38,48-49H,21-22,25-26H2,1-6H3,(H,45,46)/b15-7+,16-8+,17-9+,18-10+,19-13-,20-14-,23-11-,24-12-/t29-,30+,31?,32-,35-,36-,37-,38-/m0/s1. The third-order valence-corrected chi connectivity index (χ3v) is 10.7. The zero-order valence-corrected chi connectivity index (χ0v) is 32.2. The average Bonchev–Trinajstić information content (AvgIpc) is 3.93. The van der Waals surface area contributed by atoms with E-state index in [0.29, 0.717) is 42.3 Å². The molecule has 0 saturated heterocycles. The number of H-pyrrole nitrogens is 1. The molecule has 8 atom stereocenters. The monoisotopic (exact) mass is 737 g/mol. The Morgan fingerprint density at radius 2 is 1.22 bits per heavy atom. The maximum atomic E-state index is 13.3. The number of nitrogens with zero attached hydrogens (tertiary/aromatic N) is 2. The molecule has 0 radical (unpaired) electrons. The maximum absolute atomic E-state index is 13.3. The molecule has 2 aromatic heterocycles. The molecule has 2 fully saturated rings. The summed E-state index contributed by atoms with van der Waals surface area (Å²) < 4.78 is 17.5. The zero-order chi connectivity index (χ0) is 38.9. The minimum absolute atomic E-state index is 0.0626. The third-order valence-electron chi connectivity index (χ3n) is 10.7. The number of esters is 2. The number of aliphatic hydroxyl groups is 2. The van der Waals surface area contributed by atoms with Crippen molar-refractivity contribution in [3.63, 3.8) is 0 Å². The van der Waals surface area contributed by atoms with Gasteiger partial charge in [-0.15, -0.1) is 0 Å². The Balaban J connectivity index is 1.35. The molecule has 3 heterocycles. The number of nitrogens with one attached hydrogen (secondary N) is 1. The predicted octanol–water partition coefficient (Wildman–Crippen LogP) is 8.39. The van der Waals surface area contributed by atoms with E-state index in [4.69, 9.17) is 13.9 Å². The molecule has 2 aliphatic carbocycles. The molecule has 3 aliphatic rings. The molecule has 0 amide bonds. The predicted molar refractivity (Wildman–Crippen MR) is 210 cm³/mol. The van der Waals surface area contributed by atoms with Crippen molar-refractivity contribution in [1.29, 1.82) is 0 Å². The molecular formula is C44H55N3O7. The zero-order valence-electron chi connectivity index (χ0n) is 32.2. The first-order valence-corrected chi connectivity index (χ1v) is 18.9. The number of allylic oxidation sites excluding steroid dienone is 10. The summed E-state index contributed by atoms with van der Waals surface area (Å²) in [6.07, 6.45) is 33.4. The van der Waals surface area contributed by atoms with E-state index < -0.39 is 47.2 Å². The van der Waals surface area contributed by atoms with E-state index in [-0.39, 0.29) is 17.3 Å². The summed E-state index contributed by atoms with van der Waals surface area (Å²) in [5, 5.41) is 21.8. The maximum Gasteiger partial charge on any atom is 0.360 e. The Bertz CT molecular complexity index is 1700. The van der Waals surface area contributed by atoms with E-state index >= 15 is 0 Å². The molecule has 4 bridgehead atoms. The van der Waals surface area contributed by atoms with Gasteiger partial charge in [-0.3, -0.25) is 0 Å². The summed E-state index contributed by atoms with van der Waals surface area (Å²) >= 11 is 0. The number of fused-ring (bicyclic) bond motifs is 6. The van der Waals surface area contributed by atoms with Crippen LogP contribution in [-0.4, -0.2) is 61.5 Å². The van der Waals surface area contributed by atoms with E-state index in [1.54, 1.807) is 36.5 Å². The van der Waals surface area contributed by atoms with Gasteiger partial charge in [-0.05, 0) is 56.4 Å². The van der Waals surface area contributed by atoms with Gasteiger partial charge in [-0.25, -0.2) is 19.6 Å². The molecule has 3 N–H and O–H groups in total. The van der Waals surface area contributed by atoms with Crippen molar-refractivity contribution in [3.8, 4) is 0 Å². The number of hydrogen-bond donors (Lipinski definition) is 3. The van der Waals surface area contributed by atoms with Gasteiger partial charge in [0.05, 0.1) is 12.2 Å². The minimum Gasteiger partial charge on any atom is -0.457 e. The Hall–Kier alpha value is -4.80. The Kier molecular flexibility index (Phi) is 13.5. The Morgan fingerprint density at radius 1 is 0.722 bits per heavy atom. The number of oxazole rings is 1. The van der Waals surface area contributed by atoms with Crippen LogP contribution in [0.15, 0.2) is 102 Å². The van der Waals surface area contributed by atoms with Gasteiger partial charge in [-0.1, -0.05) is 113 Å². The van der Waals surface area contributed by atoms with Gasteiger partial charge in [0.1, 0.15) is 24.3 Å². The fourth-order valence-electron chi connectivity index (χ4n) is 6.42. The number of ether oxygens (including phenoxy) is 2. The number of imidazole rings is 1. The fraction of sp³-hybridized carbons (Fsp3) is 0.455. The van der Waals surface area contributed by atoms with Crippen LogP contribution in [0.25, 0.3) is 12.2 Å². The van der Waals surface area contributed by atoms with Gasteiger partial charge in [-0.2, -0.15) is 0 Å². The molecular weight excluding hydrogens is 682 g/mol. The summed E-state index contributed by atoms with van der Waals surface area (Å²) in [7, 11) is 0. The van der Waals surface area contributed by atoms with Gasteiger partial charge in [0.2, 0.25) is 5.89 Å². The summed E-state index contributed by atoms with van der Waals surface area (Å²) in [6.45, 7) is 11.2. The van der Waals surface area contributed by atoms with E-state index in [1.807, 2.05) is 78.0 Å². The van der Waals surface area contributed by atoms with Crippen LogP contribution in [0.3, 0.4) is 0 Å². The summed E-state index contributed by atoms with van der Waals surface area (Å²) in [5.74, 6) is 1.05. The highest BCUT2D eigenvalue weighted by molar-refractivity contribution is 5.88. The van der Waals surface area contributed by atoms with E-state index in [1.165, 1.54) is 12.5 Å². The number of hydrogen-bond acceptors (Lipinski definition) is 9. The van der Waals surface area contributed by atoms with E-state index in [0.717, 1.165) is 12.8 Å². The first-order valence-electron chi connectivity index (χ1n) is 18.9. The van der Waals surface area contributed by atoms with Crippen LogP contribution >= 0.6 is 0 Å². The van der Waals surface area contributed by atoms with Gasteiger partial charge < -0.3 is 29.1 Å². The molecule has 5 rings (SSSR count). The Labute approximate surface area is 318 Å². The normalized spacial score (nSPS) is 30.5. The van der Waals surface area contributed by atoms with Crippen LogP contribution in [0.1, 0.15) is 99.9 Å². The third kappa shape index (κ3) is 10.7. The molecule has 10 heteroatoms. The Morgan fingerprint density at radius 3 is 1.76 bits per heavy atom. The van der Waals surface area contributed by atoms with Gasteiger partial charge in [0.25, 0.3) is 0 Å². The number of rotatable bonds is 6. The summed E-state index contributed by atoms with van der Waals surface area (Å²) in [6, 6.07) is 0. The highest BCUT2D eigenvalue weighted by Crippen LogP contribution is 2.42. The van der Waals surface area contributed by atoms with Crippen molar-refractivity contribution in [2.75, 3.05) is 0 Å².